The van der Waals surface area contributed by atoms with Crippen molar-refractivity contribution in [3.63, 3.8) is 0 Å². The molecule has 0 saturated carbocycles. The van der Waals surface area contributed by atoms with Gasteiger partial charge in [-0.1, -0.05) is 12.1 Å². The second-order valence-corrected chi connectivity index (χ2v) is 5.91. The maximum absolute atomic E-state index is 12.8. The average Bonchev–Trinajstić information content (AvgIpc) is 3.24. The predicted octanol–water partition coefficient (Wildman–Crippen LogP) is 2.60. The van der Waals surface area contributed by atoms with Crippen molar-refractivity contribution < 1.29 is 29.0 Å². The second kappa shape index (κ2) is 7.45. The molecule has 0 bridgehead atoms. The standard InChI is InChI=1S/C19H19NO6/c1-25-9-4-8-20-16(12-5-2-6-13(21)11-12)15(18(23)19(20)24)17(22)14-7-3-10-26-14/h2-3,5-7,10-11,16,21,23H,4,8-9H2,1H3/t16-/m0/s1. The lowest BCUT2D eigenvalue weighted by Crippen LogP contribution is -2.32. The van der Waals surface area contributed by atoms with E-state index in [0.717, 1.165) is 0 Å². The summed E-state index contributed by atoms with van der Waals surface area (Å²) in [5, 5.41) is 20.2. The van der Waals surface area contributed by atoms with Gasteiger partial charge in [-0.3, -0.25) is 9.59 Å². The summed E-state index contributed by atoms with van der Waals surface area (Å²) in [5.41, 5.74) is 0.461. The number of carbonyl (C=O) groups is 2. The maximum Gasteiger partial charge on any atom is 0.290 e. The van der Waals surface area contributed by atoms with Crippen LogP contribution in [0.25, 0.3) is 0 Å². The molecule has 2 aromatic rings. The van der Waals surface area contributed by atoms with Crippen LogP contribution in [0.5, 0.6) is 5.75 Å². The average molecular weight is 357 g/mol. The topological polar surface area (TPSA) is 100 Å². The minimum atomic E-state index is -0.816. The lowest BCUT2D eigenvalue weighted by atomic mass is 9.95. The third-order valence-corrected chi connectivity index (χ3v) is 4.23. The Morgan fingerprint density at radius 3 is 2.73 bits per heavy atom. The molecule has 0 spiro atoms. The molecule has 1 aromatic heterocycles. The zero-order chi connectivity index (χ0) is 18.7. The van der Waals surface area contributed by atoms with E-state index in [9.17, 15) is 19.8 Å². The Balaban J connectivity index is 2.04. The SMILES string of the molecule is COCCCN1C(=O)C(O)=C(C(=O)c2ccco2)[C@@H]1c1cccc(O)c1. The van der Waals surface area contributed by atoms with Crippen LogP contribution in [0.4, 0.5) is 0 Å². The number of ether oxygens (including phenoxy) is 1. The zero-order valence-electron chi connectivity index (χ0n) is 14.2. The number of aliphatic hydroxyl groups excluding tert-OH is 1. The van der Waals surface area contributed by atoms with E-state index in [-0.39, 0.29) is 23.6 Å². The van der Waals surface area contributed by atoms with Crippen molar-refractivity contribution in [2.45, 2.75) is 12.5 Å². The van der Waals surface area contributed by atoms with Gasteiger partial charge in [0.05, 0.1) is 17.9 Å². The molecule has 0 aliphatic carbocycles. The second-order valence-electron chi connectivity index (χ2n) is 5.91. The van der Waals surface area contributed by atoms with Gasteiger partial charge in [0.15, 0.2) is 11.5 Å². The van der Waals surface area contributed by atoms with Crippen LogP contribution in [-0.4, -0.2) is 47.1 Å². The Morgan fingerprint density at radius 1 is 1.27 bits per heavy atom. The van der Waals surface area contributed by atoms with Crippen molar-refractivity contribution >= 4 is 11.7 Å². The first-order valence-electron chi connectivity index (χ1n) is 8.14. The number of nitrogens with zero attached hydrogens (tertiary/aromatic N) is 1. The molecular formula is C19H19NO6. The molecule has 1 amide bonds. The minimum absolute atomic E-state index is 0.00276. The summed E-state index contributed by atoms with van der Waals surface area (Å²) in [6, 6.07) is 8.48. The molecule has 1 aliphatic heterocycles. The molecule has 2 heterocycles. The molecule has 7 nitrogen and oxygen atoms in total. The normalized spacial score (nSPS) is 17.2. The number of ketones is 1. The van der Waals surface area contributed by atoms with Crippen LogP contribution in [0, 0.1) is 0 Å². The number of hydrogen-bond donors (Lipinski definition) is 2. The smallest absolute Gasteiger partial charge is 0.290 e. The Morgan fingerprint density at radius 2 is 2.08 bits per heavy atom. The molecule has 1 atom stereocenters. The molecule has 0 radical (unpaired) electrons. The van der Waals surface area contributed by atoms with Gasteiger partial charge in [-0.05, 0) is 36.2 Å². The largest absolute Gasteiger partial charge is 0.508 e. The van der Waals surface area contributed by atoms with Gasteiger partial charge < -0.3 is 24.3 Å². The Bertz CT molecular complexity index is 839. The van der Waals surface area contributed by atoms with Crippen molar-refractivity contribution in [2.24, 2.45) is 0 Å². The summed E-state index contributed by atoms with van der Waals surface area (Å²) in [4.78, 5) is 26.8. The van der Waals surface area contributed by atoms with Gasteiger partial charge in [0.1, 0.15) is 5.75 Å². The van der Waals surface area contributed by atoms with E-state index in [0.29, 0.717) is 18.6 Å². The molecule has 0 fully saturated rings. The van der Waals surface area contributed by atoms with Gasteiger partial charge >= 0.3 is 0 Å². The molecule has 3 rings (SSSR count). The molecule has 136 valence electrons. The van der Waals surface area contributed by atoms with E-state index in [2.05, 4.69) is 0 Å². The number of aromatic hydroxyl groups is 1. The first-order valence-corrected chi connectivity index (χ1v) is 8.14. The summed E-state index contributed by atoms with van der Waals surface area (Å²) >= 11 is 0. The first kappa shape index (κ1) is 17.8. The number of amides is 1. The van der Waals surface area contributed by atoms with Gasteiger partial charge in [-0.25, -0.2) is 0 Å². The van der Waals surface area contributed by atoms with E-state index in [1.165, 1.54) is 29.4 Å². The number of phenols is 1. The molecule has 1 aromatic carbocycles. The number of benzene rings is 1. The highest BCUT2D eigenvalue weighted by molar-refractivity contribution is 6.15. The summed E-state index contributed by atoms with van der Waals surface area (Å²) < 4.78 is 10.2. The molecule has 1 aliphatic rings. The van der Waals surface area contributed by atoms with Crippen molar-refractivity contribution in [2.75, 3.05) is 20.3 Å². The van der Waals surface area contributed by atoms with E-state index in [4.69, 9.17) is 9.15 Å². The quantitative estimate of drug-likeness (QED) is 0.584. The number of aliphatic hydroxyl groups is 1. The van der Waals surface area contributed by atoms with Gasteiger partial charge in [0.2, 0.25) is 5.78 Å². The monoisotopic (exact) mass is 357 g/mol. The third-order valence-electron chi connectivity index (χ3n) is 4.23. The lowest BCUT2D eigenvalue weighted by molar-refractivity contribution is -0.129. The number of furan rings is 1. The van der Waals surface area contributed by atoms with Crippen LogP contribution < -0.4 is 0 Å². The molecule has 7 heteroatoms. The Kier molecular flexibility index (Phi) is 5.09. The summed E-state index contributed by atoms with van der Waals surface area (Å²) in [6.07, 6.45) is 1.88. The van der Waals surface area contributed by atoms with Crippen LogP contribution in [-0.2, 0) is 9.53 Å². The fourth-order valence-electron chi connectivity index (χ4n) is 3.08. The van der Waals surface area contributed by atoms with Crippen LogP contribution in [0.3, 0.4) is 0 Å². The van der Waals surface area contributed by atoms with Crippen LogP contribution in [0.15, 0.2) is 58.4 Å². The number of Topliss-reactive ketones (excluding diaryl/α,β-unsaturated/α-hetero) is 1. The Hall–Kier alpha value is -3.06. The minimum Gasteiger partial charge on any atom is -0.508 e. The van der Waals surface area contributed by atoms with Crippen LogP contribution in [0.2, 0.25) is 0 Å². The van der Waals surface area contributed by atoms with Crippen molar-refractivity contribution in [3.8, 4) is 5.75 Å². The highest BCUT2D eigenvalue weighted by atomic mass is 16.5. The van der Waals surface area contributed by atoms with Gasteiger partial charge in [-0.15, -0.1) is 0 Å². The zero-order valence-corrected chi connectivity index (χ0v) is 14.2. The van der Waals surface area contributed by atoms with E-state index in [1.807, 2.05) is 0 Å². The summed E-state index contributed by atoms with van der Waals surface area (Å²) in [6.45, 7) is 0.713. The van der Waals surface area contributed by atoms with Crippen molar-refractivity contribution in [3.05, 3.63) is 65.3 Å². The number of rotatable bonds is 7. The van der Waals surface area contributed by atoms with E-state index < -0.39 is 23.5 Å². The Labute approximate surface area is 150 Å². The third kappa shape index (κ3) is 3.21. The number of methoxy groups -OCH3 is 1. The number of phenolic OH excluding ortho intramolecular Hbond substituents is 1. The highest BCUT2D eigenvalue weighted by Crippen LogP contribution is 2.39. The number of carbonyl (C=O) groups excluding carboxylic acids is 2. The molecule has 26 heavy (non-hydrogen) atoms. The predicted molar refractivity (Wildman–Crippen MR) is 91.7 cm³/mol. The van der Waals surface area contributed by atoms with Gasteiger partial charge in [0.25, 0.3) is 5.91 Å². The molecular weight excluding hydrogens is 338 g/mol. The van der Waals surface area contributed by atoms with Crippen LogP contribution in [0.1, 0.15) is 28.6 Å². The molecule has 2 N–H and O–H groups in total. The first-order chi connectivity index (χ1) is 12.5. The van der Waals surface area contributed by atoms with Gasteiger partial charge in [-0.2, -0.15) is 0 Å². The summed E-state index contributed by atoms with van der Waals surface area (Å²) in [7, 11) is 1.56. The highest BCUT2D eigenvalue weighted by Gasteiger charge is 2.44. The van der Waals surface area contributed by atoms with Gasteiger partial charge in [0, 0.05) is 20.3 Å². The van der Waals surface area contributed by atoms with Crippen molar-refractivity contribution in [1.82, 2.24) is 4.90 Å². The van der Waals surface area contributed by atoms with E-state index in [1.54, 1.807) is 25.3 Å². The maximum atomic E-state index is 12.8. The number of hydrogen-bond acceptors (Lipinski definition) is 6. The van der Waals surface area contributed by atoms with Crippen molar-refractivity contribution in [1.29, 1.82) is 0 Å². The molecule has 0 saturated heterocycles. The fourth-order valence-corrected chi connectivity index (χ4v) is 3.08. The lowest BCUT2D eigenvalue weighted by Gasteiger charge is -2.26. The summed E-state index contributed by atoms with van der Waals surface area (Å²) in [5.74, 6) is -1.77. The fraction of sp³-hybridized carbons (Fsp3) is 0.263. The van der Waals surface area contributed by atoms with E-state index >= 15 is 0 Å². The van der Waals surface area contributed by atoms with Crippen LogP contribution >= 0.6 is 0 Å². The molecule has 0 unspecified atom stereocenters.